The Morgan fingerprint density at radius 3 is 2.29 bits per heavy atom. The molecule has 112 valence electrons. The molecule has 5 heteroatoms. The summed E-state index contributed by atoms with van der Waals surface area (Å²) in [5, 5.41) is 3.11. The van der Waals surface area contributed by atoms with Crippen LogP contribution in [-0.4, -0.2) is 6.04 Å². The molecular formula is C16H15BrF3N. The first kappa shape index (κ1) is 16.0. The van der Waals surface area contributed by atoms with Crippen LogP contribution in [0.1, 0.15) is 18.1 Å². The molecule has 1 unspecified atom stereocenters. The van der Waals surface area contributed by atoms with Crippen molar-refractivity contribution in [2.24, 2.45) is 0 Å². The van der Waals surface area contributed by atoms with Crippen LogP contribution in [0.2, 0.25) is 0 Å². The lowest BCUT2D eigenvalue weighted by Gasteiger charge is -2.14. The van der Waals surface area contributed by atoms with E-state index in [1.807, 2.05) is 31.2 Å². The molecule has 0 radical (unpaired) electrons. The second-order valence-electron chi connectivity index (χ2n) is 4.97. The Hall–Kier alpha value is -1.33. The molecule has 2 rings (SSSR count). The van der Waals surface area contributed by atoms with Gasteiger partial charge in [0.15, 0.2) is 11.6 Å². The molecule has 1 nitrogen and oxygen atoms in total. The van der Waals surface area contributed by atoms with Crippen LogP contribution in [0.4, 0.5) is 13.2 Å². The summed E-state index contributed by atoms with van der Waals surface area (Å²) >= 11 is 3.37. The maximum atomic E-state index is 13.5. The maximum absolute atomic E-state index is 13.5. The Morgan fingerprint density at radius 2 is 1.62 bits per heavy atom. The van der Waals surface area contributed by atoms with Crippen molar-refractivity contribution in [3.63, 3.8) is 0 Å². The van der Waals surface area contributed by atoms with Gasteiger partial charge in [-0.1, -0.05) is 28.1 Å². The minimum Gasteiger partial charge on any atom is -0.310 e. The molecule has 0 amide bonds. The molecule has 21 heavy (non-hydrogen) atoms. The first-order valence-electron chi connectivity index (χ1n) is 6.57. The van der Waals surface area contributed by atoms with E-state index in [4.69, 9.17) is 0 Å². The summed E-state index contributed by atoms with van der Waals surface area (Å²) in [4.78, 5) is 0. The highest BCUT2D eigenvalue weighted by Crippen LogP contribution is 2.15. The molecule has 0 aliphatic heterocycles. The number of halogens is 4. The van der Waals surface area contributed by atoms with E-state index in [1.54, 1.807) is 0 Å². The molecule has 1 atom stereocenters. The summed E-state index contributed by atoms with van der Waals surface area (Å²) in [6.07, 6.45) is 0.762. The zero-order valence-corrected chi connectivity index (χ0v) is 13.1. The highest BCUT2D eigenvalue weighted by atomic mass is 79.9. The van der Waals surface area contributed by atoms with Crippen LogP contribution in [0.15, 0.2) is 40.9 Å². The van der Waals surface area contributed by atoms with E-state index in [-0.39, 0.29) is 18.2 Å². The molecule has 0 bridgehead atoms. The number of hydrogen-bond acceptors (Lipinski definition) is 1. The molecule has 0 heterocycles. The average Bonchev–Trinajstić information content (AvgIpc) is 2.44. The van der Waals surface area contributed by atoms with E-state index < -0.39 is 17.5 Å². The third-order valence-electron chi connectivity index (χ3n) is 3.19. The normalized spacial score (nSPS) is 12.4. The topological polar surface area (TPSA) is 12.0 Å². The number of rotatable bonds is 5. The molecule has 1 N–H and O–H groups in total. The van der Waals surface area contributed by atoms with Gasteiger partial charge in [0.25, 0.3) is 0 Å². The van der Waals surface area contributed by atoms with Crippen LogP contribution in [0, 0.1) is 17.5 Å². The third-order valence-corrected chi connectivity index (χ3v) is 3.71. The van der Waals surface area contributed by atoms with Crippen molar-refractivity contribution in [3.8, 4) is 0 Å². The summed E-state index contributed by atoms with van der Waals surface area (Å²) in [5.74, 6) is -2.94. The Labute approximate surface area is 130 Å². The smallest absolute Gasteiger partial charge is 0.161 e. The number of benzene rings is 2. The minimum absolute atomic E-state index is 0.0821. The van der Waals surface area contributed by atoms with E-state index in [1.165, 1.54) is 0 Å². The highest BCUT2D eigenvalue weighted by Gasteiger charge is 2.11. The van der Waals surface area contributed by atoms with Gasteiger partial charge in [0.05, 0.1) is 0 Å². The van der Waals surface area contributed by atoms with Gasteiger partial charge < -0.3 is 5.32 Å². The fraction of sp³-hybridized carbons (Fsp3) is 0.250. The molecule has 0 saturated heterocycles. The summed E-state index contributed by atoms with van der Waals surface area (Å²) < 4.78 is 40.4. The van der Waals surface area contributed by atoms with Gasteiger partial charge in [0.2, 0.25) is 0 Å². The van der Waals surface area contributed by atoms with Crippen LogP contribution >= 0.6 is 15.9 Å². The van der Waals surface area contributed by atoms with Gasteiger partial charge in [-0.15, -0.1) is 0 Å². The fourth-order valence-electron chi connectivity index (χ4n) is 2.03. The summed E-state index contributed by atoms with van der Waals surface area (Å²) in [6.45, 7) is 2.11. The molecule has 0 spiro atoms. The first-order valence-corrected chi connectivity index (χ1v) is 7.36. The van der Waals surface area contributed by atoms with Crippen LogP contribution in [0.25, 0.3) is 0 Å². The van der Waals surface area contributed by atoms with Crippen molar-refractivity contribution in [1.29, 1.82) is 0 Å². The van der Waals surface area contributed by atoms with Crippen molar-refractivity contribution in [2.75, 3.05) is 0 Å². The first-order chi connectivity index (χ1) is 9.95. The second-order valence-corrected chi connectivity index (χ2v) is 5.89. The van der Waals surface area contributed by atoms with Crippen molar-refractivity contribution in [1.82, 2.24) is 5.32 Å². The molecule has 2 aromatic carbocycles. The Balaban J connectivity index is 1.93. The molecule has 0 saturated carbocycles. The van der Waals surface area contributed by atoms with Crippen LogP contribution < -0.4 is 5.32 Å². The molecule has 0 fully saturated rings. The lowest BCUT2D eigenvalue weighted by atomic mass is 10.1. The SMILES string of the molecule is CC(Cc1ccc(Br)cc1)NCc1cc(F)c(F)cc1F. The minimum atomic E-state index is -1.17. The Morgan fingerprint density at radius 1 is 1.00 bits per heavy atom. The molecular weight excluding hydrogens is 343 g/mol. The Kier molecular flexibility index (Phi) is 5.42. The van der Waals surface area contributed by atoms with Crippen molar-refractivity contribution >= 4 is 15.9 Å². The lowest BCUT2D eigenvalue weighted by molar-refractivity contribution is 0.479. The van der Waals surface area contributed by atoms with Gasteiger partial charge >= 0.3 is 0 Å². The summed E-state index contributed by atoms with van der Waals surface area (Å²) in [5.41, 5.74) is 1.26. The van der Waals surface area contributed by atoms with Gasteiger partial charge in [0, 0.05) is 28.7 Å². The van der Waals surface area contributed by atoms with E-state index in [9.17, 15) is 13.2 Å². The van der Waals surface area contributed by atoms with Crippen LogP contribution in [-0.2, 0) is 13.0 Å². The number of hydrogen-bond donors (Lipinski definition) is 1. The van der Waals surface area contributed by atoms with Crippen molar-refractivity contribution in [3.05, 3.63) is 69.4 Å². The van der Waals surface area contributed by atoms with E-state index in [2.05, 4.69) is 21.2 Å². The predicted molar refractivity (Wildman–Crippen MR) is 80.5 cm³/mol. The highest BCUT2D eigenvalue weighted by molar-refractivity contribution is 9.10. The number of nitrogens with one attached hydrogen (secondary N) is 1. The van der Waals surface area contributed by atoms with Gasteiger partial charge in [-0.3, -0.25) is 0 Å². The van der Waals surface area contributed by atoms with Gasteiger partial charge in [0.1, 0.15) is 5.82 Å². The molecule has 0 aliphatic carbocycles. The molecule has 0 aromatic heterocycles. The van der Waals surface area contributed by atoms with E-state index in [0.29, 0.717) is 6.07 Å². The quantitative estimate of drug-likeness (QED) is 0.771. The van der Waals surface area contributed by atoms with Crippen LogP contribution in [0.3, 0.4) is 0 Å². The zero-order valence-electron chi connectivity index (χ0n) is 11.5. The molecule has 2 aromatic rings. The lowest BCUT2D eigenvalue weighted by Crippen LogP contribution is -2.28. The largest absolute Gasteiger partial charge is 0.310 e. The zero-order chi connectivity index (χ0) is 15.4. The van der Waals surface area contributed by atoms with Crippen molar-refractivity contribution < 1.29 is 13.2 Å². The second kappa shape index (κ2) is 7.09. The Bertz CT molecular complexity index is 614. The van der Waals surface area contributed by atoms with Crippen molar-refractivity contribution in [2.45, 2.75) is 25.9 Å². The van der Waals surface area contributed by atoms with Crippen LogP contribution in [0.5, 0.6) is 0 Å². The predicted octanol–water partition coefficient (Wildman–Crippen LogP) is 4.59. The molecule has 0 aliphatic rings. The monoisotopic (exact) mass is 357 g/mol. The summed E-state index contributed by atoms with van der Waals surface area (Å²) in [6, 6.07) is 9.46. The van der Waals surface area contributed by atoms with E-state index in [0.717, 1.165) is 22.5 Å². The maximum Gasteiger partial charge on any atom is 0.161 e. The van der Waals surface area contributed by atoms with Gasteiger partial charge in [-0.05, 0) is 37.1 Å². The van der Waals surface area contributed by atoms with Gasteiger partial charge in [-0.2, -0.15) is 0 Å². The summed E-state index contributed by atoms with van der Waals surface area (Å²) in [7, 11) is 0. The van der Waals surface area contributed by atoms with Gasteiger partial charge in [-0.25, -0.2) is 13.2 Å². The fourth-order valence-corrected chi connectivity index (χ4v) is 2.29. The standard InChI is InChI=1S/C16H15BrF3N/c1-10(6-11-2-4-13(17)5-3-11)21-9-12-7-15(19)16(20)8-14(12)18/h2-5,7-8,10,21H,6,9H2,1H3. The third kappa shape index (κ3) is 4.58. The average molecular weight is 358 g/mol. The van der Waals surface area contributed by atoms with E-state index >= 15 is 0 Å².